The molecule has 0 amide bonds. The zero-order valence-corrected chi connectivity index (χ0v) is 9.59. The summed E-state index contributed by atoms with van der Waals surface area (Å²) in [6.07, 6.45) is 5.96. The molecule has 15 heavy (non-hydrogen) atoms. The van der Waals surface area contributed by atoms with Crippen LogP contribution in [0.15, 0.2) is 17.4 Å². The van der Waals surface area contributed by atoms with E-state index in [1.807, 2.05) is 12.3 Å². The number of piperidine rings is 1. The Hall–Kier alpha value is -0.810. The molecule has 0 aliphatic carbocycles. The summed E-state index contributed by atoms with van der Waals surface area (Å²) in [5.74, 6) is 0.696. The molecule has 1 aliphatic heterocycles. The molecule has 0 spiro atoms. The SMILES string of the molecule is CSc1cc(OC2CCNCC2)ncn1. The van der Waals surface area contributed by atoms with Crippen LogP contribution >= 0.6 is 11.8 Å². The van der Waals surface area contributed by atoms with Crippen LogP contribution in [-0.4, -0.2) is 35.4 Å². The third-order valence-electron chi connectivity index (χ3n) is 2.40. The lowest BCUT2D eigenvalue weighted by molar-refractivity contribution is 0.155. The fraction of sp³-hybridized carbons (Fsp3) is 0.600. The van der Waals surface area contributed by atoms with E-state index in [1.54, 1.807) is 18.1 Å². The number of nitrogens with zero attached hydrogens (tertiary/aromatic N) is 2. The van der Waals surface area contributed by atoms with Crippen LogP contribution in [0, 0.1) is 0 Å². The van der Waals surface area contributed by atoms with Crippen molar-refractivity contribution in [3.8, 4) is 5.88 Å². The number of thioether (sulfide) groups is 1. The van der Waals surface area contributed by atoms with E-state index in [9.17, 15) is 0 Å². The molecular formula is C10H15N3OS. The van der Waals surface area contributed by atoms with Crippen molar-refractivity contribution in [1.82, 2.24) is 15.3 Å². The van der Waals surface area contributed by atoms with Crippen molar-refractivity contribution in [3.63, 3.8) is 0 Å². The Labute approximate surface area is 93.8 Å². The van der Waals surface area contributed by atoms with Crippen molar-refractivity contribution in [1.29, 1.82) is 0 Å². The van der Waals surface area contributed by atoms with Crippen LogP contribution in [0.1, 0.15) is 12.8 Å². The predicted molar refractivity (Wildman–Crippen MR) is 60.3 cm³/mol. The van der Waals surface area contributed by atoms with Crippen LogP contribution < -0.4 is 10.1 Å². The first-order valence-corrected chi connectivity index (χ1v) is 6.34. The van der Waals surface area contributed by atoms with Gasteiger partial charge in [0.2, 0.25) is 5.88 Å². The minimum absolute atomic E-state index is 0.302. The molecule has 4 nitrogen and oxygen atoms in total. The molecule has 1 fully saturated rings. The standard InChI is InChI=1S/C10H15N3OS/c1-15-10-6-9(12-7-13-10)14-8-2-4-11-5-3-8/h6-8,11H,2-5H2,1H3. The Morgan fingerprint density at radius 3 is 2.93 bits per heavy atom. The van der Waals surface area contributed by atoms with Gasteiger partial charge in [0.15, 0.2) is 0 Å². The zero-order chi connectivity index (χ0) is 10.5. The molecule has 0 unspecified atom stereocenters. The van der Waals surface area contributed by atoms with Crippen molar-refractivity contribution in [3.05, 3.63) is 12.4 Å². The fourth-order valence-corrected chi connectivity index (χ4v) is 1.95. The van der Waals surface area contributed by atoms with Gasteiger partial charge in [0.1, 0.15) is 17.5 Å². The van der Waals surface area contributed by atoms with Gasteiger partial charge in [0.05, 0.1) is 0 Å². The first-order valence-electron chi connectivity index (χ1n) is 5.12. The summed E-state index contributed by atoms with van der Waals surface area (Å²) in [5.41, 5.74) is 0. The van der Waals surface area contributed by atoms with Crippen LogP contribution in [0.3, 0.4) is 0 Å². The molecule has 1 aromatic heterocycles. The Morgan fingerprint density at radius 2 is 2.20 bits per heavy atom. The van der Waals surface area contributed by atoms with Crippen LogP contribution in [-0.2, 0) is 0 Å². The van der Waals surface area contributed by atoms with Crippen molar-refractivity contribution in [2.45, 2.75) is 24.0 Å². The first kappa shape index (κ1) is 10.7. The maximum atomic E-state index is 5.79. The molecule has 82 valence electrons. The highest BCUT2D eigenvalue weighted by Gasteiger charge is 2.14. The molecule has 0 radical (unpaired) electrons. The van der Waals surface area contributed by atoms with Gasteiger partial charge < -0.3 is 10.1 Å². The van der Waals surface area contributed by atoms with E-state index < -0.39 is 0 Å². The largest absolute Gasteiger partial charge is 0.474 e. The Balaban J connectivity index is 1.96. The smallest absolute Gasteiger partial charge is 0.217 e. The number of ether oxygens (including phenoxy) is 1. The van der Waals surface area contributed by atoms with Crippen LogP contribution in [0.25, 0.3) is 0 Å². The number of rotatable bonds is 3. The van der Waals surface area contributed by atoms with Gasteiger partial charge in [-0.25, -0.2) is 9.97 Å². The Morgan fingerprint density at radius 1 is 1.40 bits per heavy atom. The molecule has 1 N–H and O–H groups in total. The highest BCUT2D eigenvalue weighted by atomic mass is 32.2. The zero-order valence-electron chi connectivity index (χ0n) is 8.77. The second-order valence-corrected chi connectivity index (χ2v) is 4.29. The van der Waals surface area contributed by atoms with Gasteiger partial charge in [-0.2, -0.15) is 0 Å². The summed E-state index contributed by atoms with van der Waals surface area (Å²) in [5, 5.41) is 4.26. The third kappa shape index (κ3) is 3.07. The summed E-state index contributed by atoms with van der Waals surface area (Å²) in [6, 6.07) is 1.90. The number of hydrogen-bond donors (Lipinski definition) is 1. The van der Waals surface area contributed by atoms with E-state index in [1.165, 1.54) is 0 Å². The van der Waals surface area contributed by atoms with Crippen molar-refractivity contribution < 1.29 is 4.74 Å². The number of aromatic nitrogens is 2. The molecule has 0 aromatic carbocycles. The highest BCUT2D eigenvalue weighted by Crippen LogP contribution is 2.18. The molecule has 0 atom stereocenters. The number of nitrogens with one attached hydrogen (secondary N) is 1. The topological polar surface area (TPSA) is 47.0 Å². The average Bonchev–Trinajstić information content (AvgIpc) is 2.31. The molecule has 1 aromatic rings. The van der Waals surface area contributed by atoms with Gasteiger partial charge >= 0.3 is 0 Å². The van der Waals surface area contributed by atoms with Crippen molar-refractivity contribution in [2.24, 2.45) is 0 Å². The fourth-order valence-electron chi connectivity index (χ4n) is 1.58. The van der Waals surface area contributed by atoms with Gasteiger partial charge in [-0.1, -0.05) is 0 Å². The van der Waals surface area contributed by atoms with Crippen molar-refractivity contribution >= 4 is 11.8 Å². The molecule has 2 heterocycles. The summed E-state index contributed by atoms with van der Waals surface area (Å²) in [7, 11) is 0. The van der Waals surface area contributed by atoms with Gasteiger partial charge in [0, 0.05) is 6.07 Å². The summed E-state index contributed by atoms with van der Waals surface area (Å²) in [6.45, 7) is 2.07. The van der Waals surface area contributed by atoms with E-state index in [0.29, 0.717) is 12.0 Å². The maximum Gasteiger partial charge on any atom is 0.217 e. The normalized spacial score (nSPS) is 17.7. The first-order chi connectivity index (χ1) is 7.38. The van der Waals surface area contributed by atoms with Gasteiger partial charge in [0.25, 0.3) is 0 Å². The molecule has 1 aliphatic rings. The Kier molecular flexibility index (Phi) is 3.80. The van der Waals surface area contributed by atoms with E-state index in [4.69, 9.17) is 4.74 Å². The second kappa shape index (κ2) is 5.32. The van der Waals surface area contributed by atoms with Gasteiger partial charge in [-0.05, 0) is 32.2 Å². The van der Waals surface area contributed by atoms with Gasteiger partial charge in [-0.15, -0.1) is 11.8 Å². The van der Waals surface area contributed by atoms with E-state index in [-0.39, 0.29) is 0 Å². The molecule has 1 saturated heterocycles. The Bertz CT molecular complexity index is 315. The van der Waals surface area contributed by atoms with E-state index >= 15 is 0 Å². The van der Waals surface area contributed by atoms with Crippen LogP contribution in [0.4, 0.5) is 0 Å². The van der Waals surface area contributed by atoms with E-state index in [2.05, 4.69) is 15.3 Å². The lowest BCUT2D eigenvalue weighted by atomic mass is 10.1. The molecule has 0 bridgehead atoms. The van der Waals surface area contributed by atoms with Crippen molar-refractivity contribution in [2.75, 3.05) is 19.3 Å². The third-order valence-corrected chi connectivity index (χ3v) is 3.04. The molecule has 5 heteroatoms. The van der Waals surface area contributed by atoms with Crippen LogP contribution in [0.2, 0.25) is 0 Å². The molecule has 2 rings (SSSR count). The summed E-state index contributed by atoms with van der Waals surface area (Å²) in [4.78, 5) is 8.22. The lowest BCUT2D eigenvalue weighted by Gasteiger charge is -2.23. The highest BCUT2D eigenvalue weighted by molar-refractivity contribution is 7.98. The minimum atomic E-state index is 0.302. The monoisotopic (exact) mass is 225 g/mol. The lowest BCUT2D eigenvalue weighted by Crippen LogP contribution is -2.34. The maximum absolute atomic E-state index is 5.79. The molecular weight excluding hydrogens is 210 g/mol. The average molecular weight is 225 g/mol. The summed E-state index contributed by atoms with van der Waals surface area (Å²) >= 11 is 1.60. The number of hydrogen-bond acceptors (Lipinski definition) is 5. The van der Waals surface area contributed by atoms with Crippen LogP contribution in [0.5, 0.6) is 5.88 Å². The predicted octanol–water partition coefficient (Wildman–Crippen LogP) is 1.33. The summed E-state index contributed by atoms with van der Waals surface area (Å²) < 4.78 is 5.79. The minimum Gasteiger partial charge on any atom is -0.474 e. The molecule has 0 saturated carbocycles. The van der Waals surface area contributed by atoms with E-state index in [0.717, 1.165) is 31.0 Å². The van der Waals surface area contributed by atoms with Gasteiger partial charge in [-0.3, -0.25) is 0 Å². The quantitative estimate of drug-likeness (QED) is 0.621. The second-order valence-electron chi connectivity index (χ2n) is 3.47.